The fraction of sp³-hybridized carbons (Fsp3) is 0.632. The van der Waals surface area contributed by atoms with Crippen LogP contribution in [0.5, 0.6) is 5.75 Å². The van der Waals surface area contributed by atoms with Crippen molar-refractivity contribution in [2.45, 2.75) is 20.3 Å². The Balaban J connectivity index is 1.62. The molecule has 1 aromatic rings. The van der Waals surface area contributed by atoms with Crippen molar-refractivity contribution in [3.05, 3.63) is 24.3 Å². The van der Waals surface area contributed by atoms with E-state index < -0.39 is 0 Å². The Morgan fingerprint density at radius 3 is 2.48 bits per heavy atom. The van der Waals surface area contributed by atoms with Gasteiger partial charge in [-0.2, -0.15) is 0 Å². The number of rotatable bonds is 8. The highest BCUT2D eigenvalue weighted by atomic mass is 16.5. The Morgan fingerprint density at radius 2 is 1.88 bits per heavy atom. The molecular formula is C19H33N5O. The summed E-state index contributed by atoms with van der Waals surface area (Å²) in [5.74, 6) is 2.02. The van der Waals surface area contributed by atoms with Crippen molar-refractivity contribution in [3.8, 4) is 5.75 Å². The van der Waals surface area contributed by atoms with Crippen LogP contribution in [0.4, 0.5) is 5.69 Å². The predicted molar refractivity (Wildman–Crippen MR) is 106 cm³/mol. The Labute approximate surface area is 152 Å². The lowest BCUT2D eigenvalue weighted by molar-refractivity contribution is 0.255. The molecule has 0 radical (unpaired) electrons. The third-order valence-corrected chi connectivity index (χ3v) is 4.39. The van der Waals surface area contributed by atoms with E-state index in [1.54, 1.807) is 7.11 Å². The summed E-state index contributed by atoms with van der Waals surface area (Å²) < 4.78 is 5.22. The van der Waals surface area contributed by atoms with Crippen LogP contribution in [0.3, 0.4) is 0 Å². The van der Waals surface area contributed by atoms with Gasteiger partial charge in [-0.15, -0.1) is 0 Å². The lowest BCUT2D eigenvalue weighted by Gasteiger charge is -2.36. The van der Waals surface area contributed by atoms with E-state index in [0.29, 0.717) is 11.9 Å². The first-order valence-electron chi connectivity index (χ1n) is 9.23. The van der Waals surface area contributed by atoms with Crippen LogP contribution in [0.1, 0.15) is 20.3 Å². The smallest absolute Gasteiger partial charge is 0.188 e. The molecular weight excluding hydrogens is 314 g/mol. The number of nitrogens with one attached hydrogen (secondary N) is 1. The van der Waals surface area contributed by atoms with Gasteiger partial charge >= 0.3 is 0 Å². The van der Waals surface area contributed by atoms with E-state index in [1.807, 2.05) is 12.1 Å². The molecule has 1 aromatic carbocycles. The Kier molecular flexibility index (Phi) is 7.85. The van der Waals surface area contributed by atoms with Crippen molar-refractivity contribution in [2.75, 3.05) is 57.8 Å². The number of methoxy groups -OCH3 is 1. The third-order valence-electron chi connectivity index (χ3n) is 4.39. The summed E-state index contributed by atoms with van der Waals surface area (Å²) in [7, 11) is 1.70. The summed E-state index contributed by atoms with van der Waals surface area (Å²) in [4.78, 5) is 9.27. The van der Waals surface area contributed by atoms with E-state index in [4.69, 9.17) is 10.5 Å². The molecule has 1 saturated heterocycles. The van der Waals surface area contributed by atoms with E-state index in [9.17, 15) is 0 Å². The molecule has 1 heterocycles. The Morgan fingerprint density at radius 1 is 1.20 bits per heavy atom. The van der Waals surface area contributed by atoms with E-state index >= 15 is 0 Å². The molecule has 1 aliphatic rings. The standard InChI is InChI=1S/C19H33N5O/c1-16(2)15-22-19(20)21-9-4-10-23-11-13-24(14-12-23)17-5-7-18(25-3)8-6-17/h5-8,16H,4,9-15H2,1-3H3,(H3,20,21,22). The molecule has 0 atom stereocenters. The maximum Gasteiger partial charge on any atom is 0.188 e. The number of benzene rings is 1. The van der Waals surface area contributed by atoms with Crippen LogP contribution in [0, 0.1) is 5.92 Å². The molecule has 2 rings (SSSR count). The minimum atomic E-state index is 0.544. The van der Waals surface area contributed by atoms with Crippen molar-refractivity contribution in [3.63, 3.8) is 0 Å². The topological polar surface area (TPSA) is 66.1 Å². The van der Waals surface area contributed by atoms with E-state index in [-0.39, 0.29) is 0 Å². The van der Waals surface area contributed by atoms with Crippen molar-refractivity contribution in [1.82, 2.24) is 10.2 Å². The highest BCUT2D eigenvalue weighted by molar-refractivity contribution is 5.77. The number of anilines is 1. The maximum atomic E-state index is 5.85. The normalized spacial score (nSPS) is 16.3. The monoisotopic (exact) mass is 347 g/mol. The van der Waals surface area contributed by atoms with Gasteiger partial charge in [0.1, 0.15) is 5.75 Å². The van der Waals surface area contributed by atoms with Crippen molar-refractivity contribution >= 4 is 11.6 Å². The quantitative estimate of drug-likeness (QED) is 0.426. The third kappa shape index (κ3) is 6.82. The first-order valence-corrected chi connectivity index (χ1v) is 9.23. The Hall–Kier alpha value is -1.95. The molecule has 0 saturated carbocycles. The van der Waals surface area contributed by atoms with Gasteiger partial charge in [0.2, 0.25) is 0 Å². The lowest BCUT2D eigenvalue weighted by Crippen LogP contribution is -2.47. The number of guanidine groups is 1. The predicted octanol–water partition coefficient (Wildman–Crippen LogP) is 1.77. The summed E-state index contributed by atoms with van der Waals surface area (Å²) in [5, 5.41) is 3.20. The zero-order valence-electron chi connectivity index (χ0n) is 15.9. The lowest BCUT2D eigenvalue weighted by atomic mass is 10.2. The second-order valence-corrected chi connectivity index (χ2v) is 6.93. The second-order valence-electron chi connectivity index (χ2n) is 6.93. The van der Waals surface area contributed by atoms with Gasteiger partial charge in [-0.3, -0.25) is 9.89 Å². The van der Waals surface area contributed by atoms with Crippen LogP contribution in [-0.2, 0) is 0 Å². The second kappa shape index (κ2) is 10.1. The van der Waals surface area contributed by atoms with E-state index in [2.05, 4.69) is 46.1 Å². The highest BCUT2D eigenvalue weighted by Crippen LogP contribution is 2.20. The minimum absolute atomic E-state index is 0.544. The van der Waals surface area contributed by atoms with E-state index in [1.165, 1.54) is 5.69 Å². The molecule has 1 fully saturated rings. The van der Waals surface area contributed by atoms with Crippen LogP contribution in [0.2, 0.25) is 0 Å². The number of nitrogens with two attached hydrogens (primary N) is 1. The molecule has 0 aliphatic carbocycles. The molecule has 0 amide bonds. The zero-order valence-corrected chi connectivity index (χ0v) is 15.9. The van der Waals surface area contributed by atoms with Gasteiger partial charge < -0.3 is 20.7 Å². The molecule has 0 spiro atoms. The fourth-order valence-corrected chi connectivity index (χ4v) is 2.88. The highest BCUT2D eigenvalue weighted by Gasteiger charge is 2.16. The molecule has 1 aliphatic heterocycles. The molecule has 140 valence electrons. The number of ether oxygens (including phenoxy) is 1. The molecule has 6 nitrogen and oxygen atoms in total. The van der Waals surface area contributed by atoms with Gasteiger partial charge in [0.15, 0.2) is 5.96 Å². The van der Waals surface area contributed by atoms with Crippen LogP contribution < -0.4 is 20.7 Å². The molecule has 3 N–H and O–H groups in total. The van der Waals surface area contributed by atoms with Gasteiger partial charge in [-0.1, -0.05) is 13.8 Å². The average molecular weight is 348 g/mol. The molecule has 6 heteroatoms. The van der Waals surface area contributed by atoms with Crippen LogP contribution >= 0.6 is 0 Å². The number of aliphatic imine (C=N–C) groups is 1. The Bertz CT molecular complexity index is 521. The maximum absolute atomic E-state index is 5.85. The molecule has 0 bridgehead atoms. The van der Waals surface area contributed by atoms with Gasteiger partial charge in [-0.25, -0.2) is 0 Å². The SMILES string of the molecule is COc1ccc(N2CCN(CCCNC(N)=NCC(C)C)CC2)cc1. The van der Waals surface area contributed by atoms with Crippen molar-refractivity contribution < 1.29 is 4.74 Å². The van der Waals surface area contributed by atoms with Crippen LogP contribution in [0.15, 0.2) is 29.3 Å². The van der Waals surface area contributed by atoms with Gasteiger partial charge in [0, 0.05) is 45.0 Å². The molecule has 0 aromatic heterocycles. The van der Waals surface area contributed by atoms with E-state index in [0.717, 1.165) is 58.0 Å². The van der Waals surface area contributed by atoms with Crippen LogP contribution in [0.25, 0.3) is 0 Å². The summed E-state index contributed by atoms with van der Waals surface area (Å²) in [6.07, 6.45) is 1.08. The fourth-order valence-electron chi connectivity index (χ4n) is 2.88. The van der Waals surface area contributed by atoms with Gasteiger partial charge in [-0.05, 0) is 43.1 Å². The number of hydrogen-bond donors (Lipinski definition) is 2. The number of piperazine rings is 1. The number of hydrogen-bond acceptors (Lipinski definition) is 4. The molecule has 25 heavy (non-hydrogen) atoms. The van der Waals surface area contributed by atoms with Crippen molar-refractivity contribution in [2.24, 2.45) is 16.6 Å². The van der Waals surface area contributed by atoms with Crippen molar-refractivity contribution in [1.29, 1.82) is 0 Å². The summed E-state index contributed by atoms with van der Waals surface area (Å²) >= 11 is 0. The van der Waals surface area contributed by atoms with Gasteiger partial charge in [0.05, 0.1) is 7.11 Å². The van der Waals surface area contributed by atoms with Gasteiger partial charge in [0.25, 0.3) is 0 Å². The zero-order chi connectivity index (χ0) is 18.1. The average Bonchev–Trinajstić information content (AvgIpc) is 2.64. The summed E-state index contributed by atoms with van der Waals surface area (Å²) in [6.45, 7) is 11.4. The largest absolute Gasteiger partial charge is 0.497 e. The first kappa shape index (κ1) is 19.4. The number of nitrogens with zero attached hydrogens (tertiary/aromatic N) is 3. The summed E-state index contributed by atoms with van der Waals surface area (Å²) in [5.41, 5.74) is 7.13. The minimum Gasteiger partial charge on any atom is -0.497 e. The summed E-state index contributed by atoms with van der Waals surface area (Å²) in [6, 6.07) is 8.33. The van der Waals surface area contributed by atoms with Crippen LogP contribution in [-0.4, -0.2) is 63.8 Å². The molecule has 0 unspecified atom stereocenters. The first-order chi connectivity index (χ1) is 12.1.